The molecule has 0 aliphatic heterocycles. The van der Waals surface area contributed by atoms with Crippen LogP contribution in [0.4, 0.5) is 0 Å². The molecular formula is C18H24OS2. The lowest BCUT2D eigenvalue weighted by Gasteiger charge is -2.28. The summed E-state index contributed by atoms with van der Waals surface area (Å²) in [6, 6.07) is 8.67. The van der Waals surface area contributed by atoms with Crippen LogP contribution < -0.4 is 0 Å². The first-order valence-corrected chi connectivity index (χ1v) is 8.86. The van der Waals surface area contributed by atoms with Gasteiger partial charge in [-0.25, -0.2) is 0 Å². The maximum Gasteiger partial charge on any atom is 0.181 e. The zero-order valence-electron chi connectivity index (χ0n) is 13.1. The molecule has 0 heterocycles. The van der Waals surface area contributed by atoms with Gasteiger partial charge in [0.15, 0.2) is 5.05 Å². The van der Waals surface area contributed by atoms with Crippen molar-refractivity contribution < 1.29 is 5.11 Å². The van der Waals surface area contributed by atoms with E-state index in [4.69, 9.17) is 12.2 Å². The van der Waals surface area contributed by atoms with E-state index in [-0.39, 0.29) is 10.5 Å². The highest BCUT2D eigenvalue weighted by atomic mass is 32.2. The summed E-state index contributed by atoms with van der Waals surface area (Å²) in [6.45, 7) is 6.77. The van der Waals surface area contributed by atoms with E-state index in [0.717, 1.165) is 12.8 Å². The van der Waals surface area contributed by atoms with Crippen molar-refractivity contribution in [3.05, 3.63) is 41.5 Å². The normalized spacial score (nSPS) is 21.5. The maximum absolute atomic E-state index is 9.42. The minimum absolute atomic E-state index is 0.0154. The maximum atomic E-state index is 9.42. The third kappa shape index (κ3) is 4.58. The molecule has 1 aromatic rings. The Kier molecular flexibility index (Phi) is 5.50. The average Bonchev–Trinajstić information content (AvgIpc) is 2.40. The van der Waals surface area contributed by atoms with Crippen LogP contribution in [0.25, 0.3) is 0 Å². The van der Waals surface area contributed by atoms with Crippen molar-refractivity contribution in [3.63, 3.8) is 0 Å². The van der Waals surface area contributed by atoms with Crippen LogP contribution >= 0.6 is 24.0 Å². The molecule has 1 atom stereocenters. The third-order valence-corrected chi connectivity index (χ3v) is 5.42. The van der Waals surface area contributed by atoms with Gasteiger partial charge in [-0.2, -0.15) is 0 Å². The minimum Gasteiger partial charge on any atom is -0.499 e. The summed E-state index contributed by atoms with van der Waals surface area (Å²) in [7, 11) is 0. The highest BCUT2D eigenvalue weighted by Crippen LogP contribution is 2.41. The van der Waals surface area contributed by atoms with Gasteiger partial charge in [0.2, 0.25) is 0 Å². The van der Waals surface area contributed by atoms with Crippen LogP contribution in [0.15, 0.2) is 40.8 Å². The van der Waals surface area contributed by atoms with Gasteiger partial charge >= 0.3 is 0 Å². The second kappa shape index (κ2) is 6.97. The second-order valence-corrected chi connectivity index (χ2v) is 8.32. The molecule has 2 rings (SSSR count). The summed E-state index contributed by atoms with van der Waals surface area (Å²) < 4.78 is 0. The first kappa shape index (κ1) is 16.6. The fraction of sp³-hybridized carbons (Fsp3) is 0.500. The Balaban J connectivity index is 2.26. The third-order valence-electron chi connectivity index (χ3n) is 3.87. The van der Waals surface area contributed by atoms with Crippen LogP contribution in [0, 0.1) is 0 Å². The van der Waals surface area contributed by atoms with Crippen molar-refractivity contribution in [2.45, 2.75) is 62.0 Å². The summed E-state index contributed by atoms with van der Waals surface area (Å²) in [6.07, 6.45) is 6.47. The molecule has 0 radical (unpaired) electrons. The molecule has 1 aliphatic carbocycles. The molecular weight excluding hydrogens is 296 g/mol. The highest BCUT2D eigenvalue weighted by Gasteiger charge is 2.24. The molecule has 1 N–H and O–H groups in total. The van der Waals surface area contributed by atoms with Gasteiger partial charge in [0.1, 0.15) is 0 Å². The summed E-state index contributed by atoms with van der Waals surface area (Å²) >= 11 is 6.78. The Hall–Kier alpha value is -0.800. The van der Waals surface area contributed by atoms with E-state index in [1.807, 2.05) is 11.8 Å². The van der Waals surface area contributed by atoms with Gasteiger partial charge < -0.3 is 5.11 Å². The van der Waals surface area contributed by atoms with Crippen LogP contribution in [0.1, 0.15) is 52.0 Å². The van der Waals surface area contributed by atoms with Gasteiger partial charge in [0.25, 0.3) is 0 Å². The molecule has 0 bridgehead atoms. The molecule has 0 spiro atoms. The predicted octanol–water partition coefficient (Wildman–Crippen LogP) is 5.83. The van der Waals surface area contributed by atoms with Crippen molar-refractivity contribution in [2.75, 3.05) is 0 Å². The molecule has 0 amide bonds. The Labute approximate surface area is 137 Å². The summed E-state index contributed by atoms with van der Waals surface area (Å²) in [5.41, 5.74) is 2.84. The first-order valence-electron chi connectivity index (χ1n) is 7.57. The molecule has 1 saturated carbocycles. The minimum atomic E-state index is 0.0154. The predicted molar refractivity (Wildman–Crippen MR) is 96.6 cm³/mol. The fourth-order valence-electron chi connectivity index (χ4n) is 2.81. The number of thiocarbonyl (C=S) groups is 1. The van der Waals surface area contributed by atoms with Crippen LogP contribution in [-0.2, 0) is 5.41 Å². The molecule has 21 heavy (non-hydrogen) atoms. The molecule has 3 heteroatoms. The lowest BCUT2D eigenvalue weighted by molar-refractivity contribution is 0.567. The van der Waals surface area contributed by atoms with Gasteiger partial charge in [-0.15, -0.1) is 11.8 Å². The van der Waals surface area contributed by atoms with Gasteiger partial charge in [-0.05, 0) is 54.6 Å². The Morgan fingerprint density at radius 2 is 2.00 bits per heavy atom. The van der Waals surface area contributed by atoms with Crippen molar-refractivity contribution in [1.82, 2.24) is 0 Å². The Morgan fingerprint density at radius 3 is 2.67 bits per heavy atom. The van der Waals surface area contributed by atoms with E-state index >= 15 is 0 Å². The van der Waals surface area contributed by atoms with E-state index < -0.39 is 0 Å². The van der Waals surface area contributed by atoms with Crippen LogP contribution in [0.5, 0.6) is 0 Å². The zero-order chi connectivity index (χ0) is 15.5. The van der Waals surface area contributed by atoms with Crippen molar-refractivity contribution >= 4 is 29.0 Å². The number of aliphatic hydroxyl groups is 1. The zero-order valence-corrected chi connectivity index (χ0v) is 14.7. The molecule has 0 saturated heterocycles. The molecule has 0 aromatic heterocycles. The van der Waals surface area contributed by atoms with Crippen LogP contribution in [-0.4, -0.2) is 15.4 Å². The second-order valence-electron chi connectivity index (χ2n) is 6.66. The van der Waals surface area contributed by atoms with E-state index in [1.54, 1.807) is 6.08 Å². The highest BCUT2D eigenvalue weighted by molar-refractivity contribution is 8.00. The van der Waals surface area contributed by atoms with Gasteiger partial charge in [0.05, 0.1) is 0 Å². The number of aliphatic hydroxyl groups excluding tert-OH is 1. The molecule has 1 fully saturated rings. The SMILES string of the molecule is CC(C)(C)c1ccccc1SC1CCCCC1=CC(O)=S. The van der Waals surface area contributed by atoms with E-state index in [1.165, 1.54) is 28.9 Å². The summed E-state index contributed by atoms with van der Waals surface area (Å²) in [4.78, 5) is 1.35. The van der Waals surface area contributed by atoms with E-state index in [2.05, 4.69) is 45.0 Å². The smallest absolute Gasteiger partial charge is 0.181 e. The van der Waals surface area contributed by atoms with Crippen LogP contribution in [0.2, 0.25) is 0 Å². The largest absolute Gasteiger partial charge is 0.499 e. The Bertz CT molecular complexity index is 540. The topological polar surface area (TPSA) is 20.2 Å². The summed E-state index contributed by atoms with van der Waals surface area (Å²) in [5.74, 6) is 0. The standard InChI is InChI=1S/C18H24OS2/c1-18(2,3)14-9-5-7-11-16(14)21-15-10-6-4-8-13(15)12-17(19)20/h5,7,9,11-12,15H,4,6,8,10H2,1-3H3,(H,19,20). The van der Waals surface area contributed by atoms with Gasteiger partial charge in [0, 0.05) is 10.1 Å². The number of hydrogen-bond donors (Lipinski definition) is 1. The van der Waals surface area contributed by atoms with E-state index in [0.29, 0.717) is 5.25 Å². The molecule has 114 valence electrons. The first-order chi connectivity index (χ1) is 9.88. The summed E-state index contributed by atoms with van der Waals surface area (Å²) in [5, 5.41) is 9.87. The number of rotatable bonds is 3. The molecule has 1 unspecified atom stereocenters. The molecule has 1 aliphatic rings. The van der Waals surface area contributed by atoms with Crippen LogP contribution in [0.3, 0.4) is 0 Å². The van der Waals surface area contributed by atoms with Gasteiger partial charge in [-0.1, -0.05) is 51.0 Å². The quantitative estimate of drug-likeness (QED) is 0.559. The lowest BCUT2D eigenvalue weighted by Crippen LogP contribution is -2.16. The number of thioether (sulfide) groups is 1. The fourth-order valence-corrected chi connectivity index (χ4v) is 4.54. The van der Waals surface area contributed by atoms with E-state index in [9.17, 15) is 5.11 Å². The number of hydrogen-bond acceptors (Lipinski definition) is 2. The Morgan fingerprint density at radius 1 is 1.29 bits per heavy atom. The van der Waals surface area contributed by atoms with Crippen molar-refractivity contribution in [3.8, 4) is 0 Å². The lowest BCUT2D eigenvalue weighted by atomic mass is 9.87. The monoisotopic (exact) mass is 320 g/mol. The van der Waals surface area contributed by atoms with Crippen molar-refractivity contribution in [1.29, 1.82) is 0 Å². The number of benzene rings is 1. The van der Waals surface area contributed by atoms with Crippen molar-refractivity contribution in [2.24, 2.45) is 0 Å². The molecule has 1 aromatic carbocycles. The average molecular weight is 321 g/mol. The van der Waals surface area contributed by atoms with Gasteiger partial charge in [-0.3, -0.25) is 0 Å². The molecule has 1 nitrogen and oxygen atoms in total.